The van der Waals surface area contributed by atoms with Gasteiger partial charge in [-0.2, -0.15) is 5.10 Å². The minimum atomic E-state index is 0.642. The van der Waals surface area contributed by atoms with Crippen molar-refractivity contribution in [3.63, 3.8) is 0 Å². The molecule has 2 aromatic heterocycles. The van der Waals surface area contributed by atoms with Gasteiger partial charge in [-0.25, -0.2) is 9.67 Å². The second kappa shape index (κ2) is 7.14. The molecular formula is C18H23N7. The Bertz CT molecular complexity index is 791. The van der Waals surface area contributed by atoms with Crippen molar-refractivity contribution < 1.29 is 0 Å². The predicted molar refractivity (Wildman–Crippen MR) is 94.3 cm³/mol. The molecule has 7 heteroatoms. The van der Waals surface area contributed by atoms with E-state index in [2.05, 4.69) is 61.4 Å². The van der Waals surface area contributed by atoms with Gasteiger partial charge in [0.1, 0.15) is 24.3 Å². The topological polar surface area (TPSA) is 73.5 Å². The Kier molecular flexibility index (Phi) is 4.56. The maximum Gasteiger partial charge on any atom is 0.138 e. The second-order valence-electron chi connectivity index (χ2n) is 6.54. The van der Waals surface area contributed by atoms with Gasteiger partial charge in [-0.1, -0.05) is 19.1 Å². The van der Waals surface area contributed by atoms with Crippen molar-refractivity contribution in [2.45, 2.75) is 39.3 Å². The molecule has 130 valence electrons. The van der Waals surface area contributed by atoms with Crippen LogP contribution >= 0.6 is 0 Å². The van der Waals surface area contributed by atoms with Crippen LogP contribution in [0.1, 0.15) is 30.6 Å². The van der Waals surface area contributed by atoms with Gasteiger partial charge in [-0.3, -0.25) is 0 Å². The van der Waals surface area contributed by atoms with Gasteiger partial charge in [-0.15, -0.1) is 10.2 Å². The first-order valence-electron chi connectivity index (χ1n) is 8.89. The first kappa shape index (κ1) is 16.0. The van der Waals surface area contributed by atoms with Gasteiger partial charge >= 0.3 is 0 Å². The van der Waals surface area contributed by atoms with Crippen LogP contribution in [0.5, 0.6) is 0 Å². The largest absolute Gasteiger partial charge is 0.315 e. The minimum absolute atomic E-state index is 0.642. The average molecular weight is 337 g/mol. The maximum atomic E-state index is 4.30. The SMILES string of the molecule is CCc1nnc2n1C[C@@H](CNCc1ccc(-n3cncn3)cc1)CC2. The van der Waals surface area contributed by atoms with E-state index in [9.17, 15) is 0 Å². The highest BCUT2D eigenvalue weighted by atomic mass is 15.3. The van der Waals surface area contributed by atoms with Crippen LogP contribution in [0.3, 0.4) is 0 Å². The molecule has 1 N–H and O–H groups in total. The lowest BCUT2D eigenvalue weighted by molar-refractivity contribution is 0.342. The van der Waals surface area contributed by atoms with Crippen LogP contribution in [-0.2, 0) is 25.9 Å². The van der Waals surface area contributed by atoms with E-state index in [1.165, 1.54) is 12.0 Å². The van der Waals surface area contributed by atoms with E-state index in [1.54, 1.807) is 17.3 Å². The number of rotatable bonds is 6. The summed E-state index contributed by atoms with van der Waals surface area (Å²) in [7, 11) is 0. The van der Waals surface area contributed by atoms with Gasteiger partial charge in [0.2, 0.25) is 0 Å². The van der Waals surface area contributed by atoms with Crippen molar-refractivity contribution in [2.24, 2.45) is 5.92 Å². The molecule has 1 aliphatic heterocycles. The summed E-state index contributed by atoms with van der Waals surface area (Å²) in [5.74, 6) is 2.91. The zero-order chi connectivity index (χ0) is 17.1. The van der Waals surface area contributed by atoms with Crippen LogP contribution in [0.4, 0.5) is 0 Å². The smallest absolute Gasteiger partial charge is 0.138 e. The fourth-order valence-corrected chi connectivity index (χ4v) is 3.41. The Morgan fingerprint density at radius 2 is 2.08 bits per heavy atom. The zero-order valence-electron chi connectivity index (χ0n) is 14.5. The lowest BCUT2D eigenvalue weighted by atomic mass is 9.99. The third kappa shape index (κ3) is 3.46. The highest BCUT2D eigenvalue weighted by Gasteiger charge is 2.21. The number of aryl methyl sites for hydroxylation is 2. The molecule has 0 saturated heterocycles. The summed E-state index contributed by atoms with van der Waals surface area (Å²) < 4.78 is 4.07. The molecule has 0 amide bonds. The number of hydrogen-bond donors (Lipinski definition) is 1. The van der Waals surface area contributed by atoms with Crippen LogP contribution in [-0.4, -0.2) is 36.1 Å². The molecule has 0 spiro atoms. The molecule has 0 radical (unpaired) electrons. The molecule has 0 fully saturated rings. The van der Waals surface area contributed by atoms with Crippen LogP contribution in [0.2, 0.25) is 0 Å². The Labute approximate surface area is 147 Å². The molecule has 1 aliphatic rings. The zero-order valence-corrected chi connectivity index (χ0v) is 14.5. The molecule has 0 aliphatic carbocycles. The predicted octanol–water partition coefficient (Wildman–Crippen LogP) is 1.77. The van der Waals surface area contributed by atoms with Gasteiger partial charge < -0.3 is 9.88 Å². The average Bonchev–Trinajstić information content (AvgIpc) is 3.32. The lowest BCUT2D eigenvalue weighted by Gasteiger charge is -2.24. The minimum Gasteiger partial charge on any atom is -0.315 e. The summed E-state index contributed by atoms with van der Waals surface area (Å²) in [6, 6.07) is 8.42. The standard InChI is InChI=1S/C18H23N7/c1-2-17-22-23-18-8-5-15(11-24(17)18)10-19-9-14-3-6-16(7-4-14)25-13-20-12-21-25/h3-4,6-7,12-13,15,19H,2,5,8-11H2,1H3/t15-/m1/s1. The van der Waals surface area contributed by atoms with E-state index in [0.717, 1.165) is 49.8 Å². The molecule has 0 bridgehead atoms. The Hall–Kier alpha value is -2.54. The van der Waals surface area contributed by atoms with Gasteiger partial charge in [0.05, 0.1) is 5.69 Å². The molecule has 7 nitrogen and oxygen atoms in total. The van der Waals surface area contributed by atoms with E-state index in [1.807, 2.05) is 0 Å². The van der Waals surface area contributed by atoms with Crippen LogP contribution < -0.4 is 5.32 Å². The highest BCUT2D eigenvalue weighted by molar-refractivity contribution is 5.33. The number of hydrogen-bond acceptors (Lipinski definition) is 5. The Balaban J connectivity index is 1.29. The van der Waals surface area contributed by atoms with Gasteiger partial charge in [0.15, 0.2) is 0 Å². The van der Waals surface area contributed by atoms with E-state index >= 15 is 0 Å². The fraction of sp³-hybridized carbons (Fsp3) is 0.444. The summed E-state index contributed by atoms with van der Waals surface area (Å²) in [6.07, 6.45) is 6.42. The Morgan fingerprint density at radius 1 is 1.20 bits per heavy atom. The number of nitrogens with zero attached hydrogens (tertiary/aromatic N) is 6. The number of nitrogens with one attached hydrogen (secondary N) is 1. The van der Waals surface area contributed by atoms with Gasteiger partial charge in [0, 0.05) is 25.9 Å². The summed E-state index contributed by atoms with van der Waals surface area (Å²) in [5, 5.41) is 16.3. The first-order chi connectivity index (χ1) is 12.3. The molecule has 0 unspecified atom stereocenters. The number of aromatic nitrogens is 6. The summed E-state index contributed by atoms with van der Waals surface area (Å²) in [4.78, 5) is 3.98. The van der Waals surface area contributed by atoms with Crippen molar-refractivity contribution in [1.29, 1.82) is 0 Å². The molecule has 1 atom stereocenters. The van der Waals surface area contributed by atoms with E-state index in [0.29, 0.717) is 5.92 Å². The monoisotopic (exact) mass is 337 g/mol. The molecule has 3 heterocycles. The van der Waals surface area contributed by atoms with Gasteiger partial charge in [-0.05, 0) is 36.6 Å². The molecule has 0 saturated carbocycles. The van der Waals surface area contributed by atoms with Gasteiger partial charge in [0.25, 0.3) is 0 Å². The van der Waals surface area contributed by atoms with Crippen molar-refractivity contribution in [3.05, 3.63) is 54.1 Å². The summed E-state index contributed by atoms with van der Waals surface area (Å²) in [5.41, 5.74) is 2.31. The van der Waals surface area contributed by atoms with E-state index in [-0.39, 0.29) is 0 Å². The second-order valence-corrected chi connectivity index (χ2v) is 6.54. The lowest BCUT2D eigenvalue weighted by Crippen LogP contribution is -2.30. The molecule has 3 aromatic rings. The molecule has 25 heavy (non-hydrogen) atoms. The van der Waals surface area contributed by atoms with Crippen LogP contribution in [0, 0.1) is 5.92 Å². The van der Waals surface area contributed by atoms with E-state index < -0.39 is 0 Å². The number of fused-ring (bicyclic) bond motifs is 1. The third-order valence-corrected chi connectivity index (χ3v) is 4.82. The van der Waals surface area contributed by atoms with Crippen molar-refractivity contribution in [1.82, 2.24) is 34.8 Å². The fourth-order valence-electron chi connectivity index (χ4n) is 3.41. The Morgan fingerprint density at radius 3 is 2.84 bits per heavy atom. The molecule has 4 rings (SSSR count). The van der Waals surface area contributed by atoms with Crippen LogP contribution in [0.15, 0.2) is 36.9 Å². The normalized spacial score (nSPS) is 16.8. The quantitative estimate of drug-likeness (QED) is 0.742. The van der Waals surface area contributed by atoms with E-state index in [4.69, 9.17) is 0 Å². The van der Waals surface area contributed by atoms with Crippen LogP contribution in [0.25, 0.3) is 5.69 Å². The van der Waals surface area contributed by atoms with Crippen molar-refractivity contribution >= 4 is 0 Å². The summed E-state index contributed by atoms with van der Waals surface area (Å²) >= 11 is 0. The van der Waals surface area contributed by atoms with Crippen molar-refractivity contribution in [3.8, 4) is 5.69 Å². The first-order valence-corrected chi connectivity index (χ1v) is 8.89. The highest BCUT2D eigenvalue weighted by Crippen LogP contribution is 2.20. The number of benzene rings is 1. The summed E-state index contributed by atoms with van der Waals surface area (Å²) in [6.45, 7) is 5.07. The van der Waals surface area contributed by atoms with Crippen molar-refractivity contribution in [2.75, 3.05) is 6.54 Å². The third-order valence-electron chi connectivity index (χ3n) is 4.82. The molecular weight excluding hydrogens is 314 g/mol. The maximum absolute atomic E-state index is 4.30. The molecule has 1 aromatic carbocycles.